The third-order valence-electron chi connectivity index (χ3n) is 2.91. The lowest BCUT2D eigenvalue weighted by atomic mass is 10.2. The summed E-state index contributed by atoms with van der Waals surface area (Å²) in [5.74, 6) is 1.50. The van der Waals surface area contributed by atoms with Crippen LogP contribution in [0.2, 0.25) is 0 Å². The van der Waals surface area contributed by atoms with Crippen molar-refractivity contribution in [2.24, 2.45) is 0 Å². The fourth-order valence-electron chi connectivity index (χ4n) is 1.83. The van der Waals surface area contributed by atoms with Crippen molar-refractivity contribution in [2.75, 3.05) is 13.2 Å². The number of benzene rings is 1. The third-order valence-corrected chi connectivity index (χ3v) is 4.29. The predicted octanol–water partition coefficient (Wildman–Crippen LogP) is 1.04. The Kier molecular flexibility index (Phi) is 5.79. The molecule has 0 bridgehead atoms. The van der Waals surface area contributed by atoms with Crippen molar-refractivity contribution in [3.8, 4) is 18.1 Å². The van der Waals surface area contributed by atoms with Crippen LogP contribution in [0, 0.1) is 12.3 Å². The minimum atomic E-state index is -1.22. The zero-order valence-electron chi connectivity index (χ0n) is 12.0. The molecule has 0 saturated carbocycles. The lowest BCUT2D eigenvalue weighted by Crippen LogP contribution is -2.33. The minimum absolute atomic E-state index is 0.0171. The van der Waals surface area contributed by atoms with Gasteiger partial charge in [0.1, 0.15) is 16.7 Å². The van der Waals surface area contributed by atoms with Crippen LogP contribution in [0.1, 0.15) is 12.0 Å². The number of nitrogens with zero attached hydrogens (tertiary/aromatic N) is 1. The normalized spacial score (nSPS) is 15.8. The number of hydrogen-bond acceptors (Lipinski definition) is 6. The highest BCUT2D eigenvalue weighted by molar-refractivity contribution is 8.26. The first kappa shape index (κ1) is 17.1. The summed E-state index contributed by atoms with van der Waals surface area (Å²) < 4.78 is 5.61. The summed E-state index contributed by atoms with van der Waals surface area (Å²) in [5.41, 5.74) is 0.804. The largest absolute Gasteiger partial charge is 0.550 e. The van der Waals surface area contributed by atoms with Crippen LogP contribution in [0.3, 0.4) is 0 Å². The highest BCUT2D eigenvalue weighted by Gasteiger charge is 2.31. The molecule has 23 heavy (non-hydrogen) atoms. The summed E-state index contributed by atoms with van der Waals surface area (Å²) in [5, 5.41) is 10.5. The number of hydrogen-bond donors (Lipinski definition) is 0. The van der Waals surface area contributed by atoms with Gasteiger partial charge in [0.25, 0.3) is 5.91 Å². The number of thioether (sulfide) groups is 1. The topological polar surface area (TPSA) is 69.7 Å². The molecule has 5 nitrogen and oxygen atoms in total. The Labute approximate surface area is 143 Å². The van der Waals surface area contributed by atoms with E-state index >= 15 is 0 Å². The molecule has 0 spiro atoms. The van der Waals surface area contributed by atoms with Crippen LogP contribution in [0.4, 0.5) is 0 Å². The summed E-state index contributed by atoms with van der Waals surface area (Å²) in [7, 11) is 0. The van der Waals surface area contributed by atoms with Crippen molar-refractivity contribution in [3.63, 3.8) is 0 Å². The number of carboxylic acid groups (broad SMARTS) is 1. The molecule has 1 aromatic carbocycles. The van der Waals surface area contributed by atoms with Crippen LogP contribution in [0.5, 0.6) is 5.75 Å². The first-order valence-corrected chi connectivity index (χ1v) is 7.85. The molecule has 1 heterocycles. The molecular weight excluding hydrogens is 334 g/mol. The van der Waals surface area contributed by atoms with E-state index in [4.69, 9.17) is 23.4 Å². The molecule has 1 fully saturated rings. The molecule has 0 aromatic heterocycles. The Bertz CT molecular complexity index is 704. The third kappa shape index (κ3) is 4.58. The van der Waals surface area contributed by atoms with E-state index in [1.165, 1.54) is 4.90 Å². The fourth-order valence-corrected chi connectivity index (χ4v) is 3.14. The van der Waals surface area contributed by atoms with E-state index in [1.807, 2.05) is 0 Å². The standard InChI is InChI=1S/C16H13NO4S2/c1-2-9-21-12-5-3-11(4-6-12)10-13-15(20)17(16(22)23-13)8-7-14(18)19/h1,3-6,10H,7-9H2,(H,18,19)/p-1/b13-10-. The number of carbonyl (C=O) groups is 2. The molecule has 1 aliphatic heterocycles. The number of amides is 1. The Morgan fingerprint density at radius 2 is 2.13 bits per heavy atom. The van der Waals surface area contributed by atoms with E-state index in [2.05, 4.69) is 5.92 Å². The van der Waals surface area contributed by atoms with Gasteiger partial charge in [0.2, 0.25) is 0 Å². The van der Waals surface area contributed by atoms with Crippen LogP contribution < -0.4 is 9.84 Å². The van der Waals surface area contributed by atoms with Crippen molar-refractivity contribution in [1.82, 2.24) is 4.90 Å². The van der Waals surface area contributed by atoms with Crippen LogP contribution >= 0.6 is 24.0 Å². The maximum atomic E-state index is 12.2. The molecule has 118 valence electrons. The number of carbonyl (C=O) groups excluding carboxylic acids is 2. The molecule has 1 aliphatic rings. The summed E-state index contributed by atoms with van der Waals surface area (Å²) in [6.07, 6.45) is 6.57. The molecule has 0 atom stereocenters. The quantitative estimate of drug-likeness (QED) is 0.435. The molecule has 0 N–H and O–H groups in total. The zero-order valence-corrected chi connectivity index (χ0v) is 13.6. The lowest BCUT2D eigenvalue weighted by Gasteiger charge is -2.14. The number of aliphatic carboxylic acids is 1. The van der Waals surface area contributed by atoms with Crippen molar-refractivity contribution in [3.05, 3.63) is 34.7 Å². The van der Waals surface area contributed by atoms with E-state index < -0.39 is 5.97 Å². The van der Waals surface area contributed by atoms with Gasteiger partial charge in [-0.25, -0.2) is 0 Å². The molecule has 1 saturated heterocycles. The number of carboxylic acids is 1. The molecule has 0 unspecified atom stereocenters. The summed E-state index contributed by atoms with van der Waals surface area (Å²) >= 11 is 6.25. The first-order chi connectivity index (χ1) is 11.0. The van der Waals surface area contributed by atoms with E-state index in [-0.39, 0.29) is 25.5 Å². The van der Waals surface area contributed by atoms with Gasteiger partial charge in [0.15, 0.2) is 0 Å². The Morgan fingerprint density at radius 3 is 2.74 bits per heavy atom. The van der Waals surface area contributed by atoms with Crippen LogP contribution in [-0.4, -0.2) is 34.2 Å². The molecule has 1 amide bonds. The van der Waals surface area contributed by atoms with Gasteiger partial charge in [0.05, 0.1) is 4.91 Å². The highest BCUT2D eigenvalue weighted by atomic mass is 32.2. The van der Waals surface area contributed by atoms with Crippen LogP contribution in [-0.2, 0) is 9.59 Å². The van der Waals surface area contributed by atoms with Crippen molar-refractivity contribution in [2.45, 2.75) is 6.42 Å². The van der Waals surface area contributed by atoms with Crippen molar-refractivity contribution in [1.29, 1.82) is 0 Å². The number of thiocarbonyl (C=S) groups is 1. The van der Waals surface area contributed by atoms with Crippen molar-refractivity contribution < 1.29 is 19.4 Å². The van der Waals surface area contributed by atoms with Gasteiger partial charge in [0, 0.05) is 18.9 Å². The predicted molar refractivity (Wildman–Crippen MR) is 90.3 cm³/mol. The second kappa shape index (κ2) is 7.81. The lowest BCUT2D eigenvalue weighted by molar-refractivity contribution is -0.305. The Morgan fingerprint density at radius 1 is 1.43 bits per heavy atom. The summed E-state index contributed by atoms with van der Waals surface area (Å²) in [4.78, 5) is 24.5. The second-order valence-electron chi connectivity index (χ2n) is 4.52. The number of ether oxygens (including phenoxy) is 1. The van der Waals surface area contributed by atoms with Crippen LogP contribution in [0.25, 0.3) is 6.08 Å². The van der Waals surface area contributed by atoms with E-state index in [0.717, 1.165) is 17.3 Å². The maximum absolute atomic E-state index is 12.2. The van der Waals surface area contributed by atoms with E-state index in [9.17, 15) is 14.7 Å². The minimum Gasteiger partial charge on any atom is -0.550 e. The van der Waals surface area contributed by atoms with Gasteiger partial charge in [-0.2, -0.15) is 0 Å². The first-order valence-electron chi connectivity index (χ1n) is 6.63. The average Bonchev–Trinajstić information content (AvgIpc) is 2.78. The van der Waals surface area contributed by atoms with Gasteiger partial charge in [-0.05, 0) is 23.8 Å². The highest BCUT2D eigenvalue weighted by Crippen LogP contribution is 2.32. The number of rotatable bonds is 6. The van der Waals surface area contributed by atoms with E-state index in [0.29, 0.717) is 15.0 Å². The van der Waals surface area contributed by atoms with Gasteiger partial charge in [-0.3, -0.25) is 9.69 Å². The van der Waals surface area contributed by atoms with E-state index in [1.54, 1.807) is 30.3 Å². The summed E-state index contributed by atoms with van der Waals surface area (Å²) in [6.45, 7) is 0.208. The smallest absolute Gasteiger partial charge is 0.266 e. The molecule has 0 radical (unpaired) electrons. The average molecular weight is 346 g/mol. The molecule has 7 heteroatoms. The Balaban J connectivity index is 2.08. The Hall–Kier alpha value is -2.30. The van der Waals surface area contributed by atoms with Gasteiger partial charge >= 0.3 is 0 Å². The second-order valence-corrected chi connectivity index (χ2v) is 6.19. The molecular formula is C16H12NO4S2-. The monoisotopic (exact) mass is 346 g/mol. The van der Waals surface area contributed by atoms with Gasteiger partial charge in [-0.15, -0.1) is 6.42 Å². The summed E-state index contributed by atoms with van der Waals surface area (Å²) in [6, 6.07) is 7.08. The number of terminal acetylenes is 1. The van der Waals surface area contributed by atoms with Gasteiger partial charge < -0.3 is 14.6 Å². The molecule has 1 aromatic rings. The SMILES string of the molecule is C#CCOc1ccc(/C=C2\SC(=S)N(CCC(=O)[O-])C2=O)cc1. The van der Waals surface area contributed by atoms with Gasteiger partial charge in [-0.1, -0.05) is 42.0 Å². The molecule has 0 aliphatic carbocycles. The molecule has 2 rings (SSSR count). The maximum Gasteiger partial charge on any atom is 0.266 e. The zero-order chi connectivity index (χ0) is 16.8. The van der Waals surface area contributed by atoms with Crippen LogP contribution in [0.15, 0.2) is 29.2 Å². The fraction of sp³-hybridized carbons (Fsp3) is 0.188. The van der Waals surface area contributed by atoms with Crippen molar-refractivity contribution >= 4 is 46.3 Å².